The third-order valence-corrected chi connectivity index (χ3v) is 2.23. The fraction of sp³-hybridized carbons (Fsp3) is 0. The number of benzene rings is 2. The summed E-state index contributed by atoms with van der Waals surface area (Å²) in [5.41, 5.74) is 2.45. The van der Waals surface area contributed by atoms with E-state index in [-0.39, 0.29) is 18.9 Å². The van der Waals surface area contributed by atoms with Crippen molar-refractivity contribution < 1.29 is 18.9 Å². The largest absolute Gasteiger partial charge is 1.00 e. The van der Waals surface area contributed by atoms with Gasteiger partial charge < -0.3 is 12.6 Å². The van der Waals surface area contributed by atoms with E-state index < -0.39 is 0 Å². The quantitative estimate of drug-likeness (QED) is 0.461. The predicted octanol–water partition coefficient (Wildman–Crippen LogP) is 0.263. The molecule has 0 aliphatic carbocycles. The minimum absolute atomic E-state index is 0. The normalized spacial score (nSPS) is 9.14. The molecule has 0 bridgehead atoms. The average molecular weight is 192 g/mol. The molecule has 2 heteroatoms. The van der Waals surface area contributed by atoms with E-state index in [4.69, 9.17) is 12.6 Å². The second-order valence-corrected chi connectivity index (χ2v) is 3.36. The Morgan fingerprint density at radius 2 is 1.14 bits per heavy atom. The monoisotopic (exact) mass is 192 g/mol. The van der Waals surface area contributed by atoms with Gasteiger partial charge in [-0.15, -0.1) is 0 Å². The number of hydrogen-bond acceptors (Lipinski definition) is 1. The van der Waals surface area contributed by atoms with Crippen molar-refractivity contribution in [1.82, 2.24) is 0 Å². The van der Waals surface area contributed by atoms with Crippen molar-refractivity contribution in [3.05, 3.63) is 54.6 Å². The van der Waals surface area contributed by atoms with Gasteiger partial charge in [0.15, 0.2) is 0 Å². The summed E-state index contributed by atoms with van der Waals surface area (Å²) in [5, 5.41) is 0. The molecule has 0 radical (unpaired) electrons. The molecule has 2 rings (SSSR count). The Balaban J connectivity index is 0.000000980. The summed E-state index contributed by atoms with van der Waals surface area (Å²) in [5.74, 6) is 0. The molecule has 0 aliphatic rings. The molecule has 64 valence electrons. The van der Waals surface area contributed by atoms with Gasteiger partial charge in [-0.25, -0.2) is 0 Å². The molecule has 0 N–H and O–H groups in total. The zero-order valence-electron chi connectivity index (χ0n) is 8.10. The molecule has 0 nitrogen and oxygen atoms in total. The maximum atomic E-state index is 5.02. The summed E-state index contributed by atoms with van der Waals surface area (Å²) < 4.78 is 0. The molecule has 0 unspecified atom stereocenters. The Morgan fingerprint density at radius 1 is 0.643 bits per heavy atom. The summed E-state index contributed by atoms with van der Waals surface area (Å²) in [6, 6.07) is 18.3. The molecule has 0 aromatic heterocycles. The Hall–Kier alpha value is -0.743. The van der Waals surface area contributed by atoms with E-state index in [1.807, 2.05) is 30.3 Å². The minimum Gasteiger partial charge on any atom is -0.780 e. The molecule has 0 amide bonds. The first kappa shape index (κ1) is 11.3. The third kappa shape index (κ3) is 2.62. The first-order chi connectivity index (χ1) is 6.36. The Bertz CT molecular complexity index is 381. The molecular weight excluding hydrogens is 183 g/mol. The molecule has 2 aromatic rings. The zero-order valence-corrected chi connectivity index (χ0v) is 8.92. The summed E-state index contributed by atoms with van der Waals surface area (Å²) in [6.07, 6.45) is 0. The molecule has 0 saturated carbocycles. The van der Waals surface area contributed by atoms with Gasteiger partial charge in [-0.2, -0.15) is 4.90 Å². The zero-order chi connectivity index (χ0) is 9.10. The van der Waals surface area contributed by atoms with Gasteiger partial charge in [-0.05, 0) is 11.1 Å². The van der Waals surface area contributed by atoms with Crippen molar-refractivity contribution in [2.75, 3.05) is 0 Å². The van der Waals surface area contributed by atoms with Crippen molar-refractivity contribution in [2.45, 2.75) is 4.90 Å². The molecular formula is C12H9LiS. The van der Waals surface area contributed by atoms with Crippen LogP contribution in [0, 0.1) is 0 Å². The van der Waals surface area contributed by atoms with E-state index in [2.05, 4.69) is 24.3 Å². The van der Waals surface area contributed by atoms with E-state index in [0.717, 1.165) is 4.90 Å². The Labute approximate surface area is 102 Å². The standard InChI is InChI=1S/C12H10S.Li/c13-12-8-6-11(7-9-12)10-4-2-1-3-5-10;/h1-9,13H;/q;+1/p-1. The maximum Gasteiger partial charge on any atom is 1.00 e. The Morgan fingerprint density at radius 3 is 1.71 bits per heavy atom. The average Bonchev–Trinajstić information content (AvgIpc) is 2.20. The summed E-state index contributed by atoms with van der Waals surface area (Å²) >= 11 is 5.02. The molecule has 0 heterocycles. The summed E-state index contributed by atoms with van der Waals surface area (Å²) in [6.45, 7) is 0. The smallest absolute Gasteiger partial charge is 0.780 e. The molecule has 0 spiro atoms. The molecule has 0 atom stereocenters. The third-order valence-electron chi connectivity index (χ3n) is 1.96. The van der Waals surface area contributed by atoms with Crippen LogP contribution in [0.2, 0.25) is 0 Å². The van der Waals surface area contributed by atoms with Crippen molar-refractivity contribution in [2.24, 2.45) is 0 Å². The van der Waals surface area contributed by atoms with E-state index in [1.165, 1.54) is 11.1 Å². The SMILES string of the molecule is [Li+].[S-]c1ccc(-c2ccccc2)cc1. The van der Waals surface area contributed by atoms with Crippen molar-refractivity contribution in [1.29, 1.82) is 0 Å². The van der Waals surface area contributed by atoms with E-state index in [1.54, 1.807) is 0 Å². The van der Waals surface area contributed by atoms with Gasteiger partial charge in [0.2, 0.25) is 0 Å². The van der Waals surface area contributed by atoms with Crippen molar-refractivity contribution in [3.8, 4) is 11.1 Å². The fourth-order valence-electron chi connectivity index (χ4n) is 1.28. The van der Waals surface area contributed by atoms with E-state index >= 15 is 0 Å². The molecule has 0 fully saturated rings. The van der Waals surface area contributed by atoms with Crippen LogP contribution in [0.5, 0.6) is 0 Å². The topological polar surface area (TPSA) is 0 Å². The minimum atomic E-state index is 0. The van der Waals surface area contributed by atoms with Gasteiger partial charge in [-0.1, -0.05) is 54.6 Å². The summed E-state index contributed by atoms with van der Waals surface area (Å²) in [4.78, 5) is 0.889. The van der Waals surface area contributed by atoms with Crippen LogP contribution in [0.25, 0.3) is 11.1 Å². The number of hydrogen-bond donors (Lipinski definition) is 0. The van der Waals surface area contributed by atoms with Crippen LogP contribution in [0.15, 0.2) is 59.5 Å². The van der Waals surface area contributed by atoms with Gasteiger partial charge in [0.05, 0.1) is 0 Å². The summed E-state index contributed by atoms with van der Waals surface area (Å²) in [7, 11) is 0. The van der Waals surface area contributed by atoms with Crippen LogP contribution in [0.4, 0.5) is 0 Å². The van der Waals surface area contributed by atoms with Crippen LogP contribution in [-0.4, -0.2) is 0 Å². The maximum absolute atomic E-state index is 5.02. The molecule has 14 heavy (non-hydrogen) atoms. The molecule has 0 aliphatic heterocycles. The van der Waals surface area contributed by atoms with E-state index in [0.29, 0.717) is 0 Å². The van der Waals surface area contributed by atoms with Crippen molar-refractivity contribution >= 4 is 12.6 Å². The fourth-order valence-corrected chi connectivity index (χ4v) is 1.41. The van der Waals surface area contributed by atoms with Gasteiger partial charge >= 0.3 is 18.9 Å². The second kappa shape index (κ2) is 5.22. The van der Waals surface area contributed by atoms with Crippen LogP contribution < -0.4 is 18.9 Å². The first-order valence-electron chi connectivity index (χ1n) is 4.19. The van der Waals surface area contributed by atoms with Crippen LogP contribution >= 0.6 is 0 Å². The van der Waals surface area contributed by atoms with Gasteiger partial charge in [0, 0.05) is 0 Å². The van der Waals surface area contributed by atoms with Gasteiger partial charge in [0.1, 0.15) is 0 Å². The molecule has 2 aromatic carbocycles. The van der Waals surface area contributed by atoms with E-state index in [9.17, 15) is 0 Å². The van der Waals surface area contributed by atoms with Crippen LogP contribution in [0.1, 0.15) is 0 Å². The second-order valence-electron chi connectivity index (χ2n) is 2.89. The first-order valence-corrected chi connectivity index (χ1v) is 4.59. The predicted molar refractivity (Wildman–Crippen MR) is 57.5 cm³/mol. The van der Waals surface area contributed by atoms with Crippen molar-refractivity contribution in [3.63, 3.8) is 0 Å². The van der Waals surface area contributed by atoms with Crippen LogP contribution in [-0.2, 0) is 12.6 Å². The van der Waals surface area contributed by atoms with Crippen LogP contribution in [0.3, 0.4) is 0 Å². The van der Waals surface area contributed by atoms with Gasteiger partial charge in [0.25, 0.3) is 0 Å². The number of rotatable bonds is 1. The molecule has 0 saturated heterocycles. The van der Waals surface area contributed by atoms with Gasteiger partial charge in [-0.3, -0.25) is 0 Å². The Kier molecular flexibility index (Phi) is 4.22.